The van der Waals surface area contributed by atoms with Crippen LogP contribution in [-0.4, -0.2) is 41.1 Å². The van der Waals surface area contributed by atoms with Crippen LogP contribution in [0.25, 0.3) is 0 Å². The van der Waals surface area contributed by atoms with Crippen LogP contribution in [0.2, 0.25) is 5.02 Å². The fourth-order valence-electron chi connectivity index (χ4n) is 3.62. The SMILES string of the molecule is Cc1ccc(C(=O)N2CCC(O)(c3ccc(Cl)cc3)CC2)cc1NC(=O)NC(C)C. The van der Waals surface area contributed by atoms with Gasteiger partial charge in [-0.3, -0.25) is 4.79 Å². The number of benzene rings is 2. The Morgan fingerprint density at radius 1 is 1.10 bits per heavy atom. The standard InChI is InChI=1S/C23H28ClN3O3/c1-15(2)25-22(29)26-20-14-17(5-4-16(20)3)21(28)27-12-10-23(30,11-13-27)18-6-8-19(24)9-7-18/h4-9,14-15,30H,10-13H2,1-3H3,(H2,25,26,29). The van der Waals surface area contributed by atoms with E-state index < -0.39 is 5.60 Å². The van der Waals surface area contributed by atoms with Crippen LogP contribution >= 0.6 is 11.6 Å². The van der Waals surface area contributed by atoms with Crippen molar-refractivity contribution in [2.24, 2.45) is 0 Å². The number of hydrogen-bond acceptors (Lipinski definition) is 3. The molecule has 3 N–H and O–H groups in total. The van der Waals surface area contributed by atoms with E-state index in [1.165, 1.54) is 0 Å². The number of aryl methyl sites for hydroxylation is 1. The van der Waals surface area contributed by atoms with Crippen LogP contribution < -0.4 is 10.6 Å². The van der Waals surface area contributed by atoms with Gasteiger partial charge in [-0.1, -0.05) is 29.8 Å². The number of anilines is 1. The third-order valence-corrected chi connectivity index (χ3v) is 5.66. The number of hydrogen-bond donors (Lipinski definition) is 3. The number of likely N-dealkylation sites (tertiary alicyclic amines) is 1. The summed E-state index contributed by atoms with van der Waals surface area (Å²) in [6.45, 7) is 6.54. The van der Waals surface area contributed by atoms with Crippen molar-refractivity contribution in [1.82, 2.24) is 10.2 Å². The van der Waals surface area contributed by atoms with Crippen LogP contribution in [0.3, 0.4) is 0 Å². The van der Waals surface area contributed by atoms with E-state index >= 15 is 0 Å². The second kappa shape index (κ2) is 9.06. The van der Waals surface area contributed by atoms with E-state index in [0.717, 1.165) is 11.1 Å². The lowest BCUT2D eigenvalue weighted by atomic mass is 9.84. The number of amides is 3. The van der Waals surface area contributed by atoms with Crippen LogP contribution in [0.15, 0.2) is 42.5 Å². The van der Waals surface area contributed by atoms with Gasteiger partial charge in [0, 0.05) is 35.4 Å². The zero-order valence-electron chi connectivity index (χ0n) is 17.5. The molecule has 0 unspecified atom stereocenters. The number of piperidine rings is 1. The number of carbonyl (C=O) groups excluding carboxylic acids is 2. The topological polar surface area (TPSA) is 81.7 Å². The second-order valence-corrected chi connectivity index (χ2v) is 8.55. The molecule has 30 heavy (non-hydrogen) atoms. The molecule has 3 rings (SSSR count). The normalized spacial score (nSPS) is 15.7. The van der Waals surface area contributed by atoms with E-state index in [2.05, 4.69) is 10.6 Å². The van der Waals surface area contributed by atoms with Gasteiger partial charge >= 0.3 is 6.03 Å². The van der Waals surface area contributed by atoms with Crippen molar-refractivity contribution in [3.63, 3.8) is 0 Å². The Hall–Kier alpha value is -2.57. The van der Waals surface area contributed by atoms with Gasteiger partial charge < -0.3 is 20.6 Å². The summed E-state index contributed by atoms with van der Waals surface area (Å²) in [5, 5.41) is 17.2. The monoisotopic (exact) mass is 429 g/mol. The zero-order chi connectivity index (χ0) is 21.9. The number of nitrogens with one attached hydrogen (secondary N) is 2. The summed E-state index contributed by atoms with van der Waals surface area (Å²) in [6, 6.07) is 12.2. The van der Waals surface area contributed by atoms with E-state index in [4.69, 9.17) is 11.6 Å². The van der Waals surface area contributed by atoms with Crippen LogP contribution in [0.1, 0.15) is 48.2 Å². The Morgan fingerprint density at radius 2 is 1.73 bits per heavy atom. The lowest BCUT2D eigenvalue weighted by Gasteiger charge is -2.38. The first-order chi connectivity index (χ1) is 14.2. The second-order valence-electron chi connectivity index (χ2n) is 8.11. The van der Waals surface area contributed by atoms with Gasteiger partial charge in [-0.2, -0.15) is 0 Å². The predicted octanol–water partition coefficient (Wildman–Crippen LogP) is 4.30. The fourth-order valence-corrected chi connectivity index (χ4v) is 3.75. The van der Waals surface area contributed by atoms with E-state index in [1.54, 1.807) is 29.2 Å². The first kappa shape index (κ1) is 22.1. The lowest BCUT2D eigenvalue weighted by Crippen LogP contribution is -2.45. The minimum Gasteiger partial charge on any atom is -0.385 e. The highest BCUT2D eigenvalue weighted by Gasteiger charge is 2.35. The maximum Gasteiger partial charge on any atom is 0.319 e. The average molecular weight is 430 g/mol. The summed E-state index contributed by atoms with van der Waals surface area (Å²) in [7, 11) is 0. The van der Waals surface area contributed by atoms with Gasteiger partial charge in [-0.25, -0.2) is 4.79 Å². The van der Waals surface area contributed by atoms with E-state index in [1.807, 2.05) is 39.0 Å². The highest BCUT2D eigenvalue weighted by Crippen LogP contribution is 2.34. The van der Waals surface area contributed by atoms with E-state index in [9.17, 15) is 14.7 Å². The minimum absolute atomic E-state index is 0.0165. The highest BCUT2D eigenvalue weighted by molar-refractivity contribution is 6.30. The Bertz CT molecular complexity index is 920. The summed E-state index contributed by atoms with van der Waals surface area (Å²) in [6.07, 6.45) is 0.905. The maximum absolute atomic E-state index is 13.0. The van der Waals surface area contributed by atoms with Crippen molar-refractivity contribution in [2.75, 3.05) is 18.4 Å². The fraction of sp³-hybridized carbons (Fsp3) is 0.391. The van der Waals surface area contributed by atoms with E-state index in [0.29, 0.717) is 42.2 Å². The van der Waals surface area contributed by atoms with Gasteiger partial charge in [-0.15, -0.1) is 0 Å². The largest absolute Gasteiger partial charge is 0.385 e. The number of aliphatic hydroxyl groups is 1. The molecule has 1 aliphatic heterocycles. The van der Waals surface area contributed by atoms with Crippen LogP contribution in [0, 0.1) is 6.92 Å². The Labute approximate surface area is 182 Å². The summed E-state index contributed by atoms with van der Waals surface area (Å²) in [4.78, 5) is 26.8. The van der Waals surface area contributed by atoms with Gasteiger partial charge in [0.1, 0.15) is 0 Å². The molecule has 1 heterocycles. The smallest absolute Gasteiger partial charge is 0.319 e. The number of rotatable bonds is 4. The molecule has 6 nitrogen and oxygen atoms in total. The van der Waals surface area contributed by atoms with Crippen LogP contribution in [-0.2, 0) is 5.60 Å². The van der Waals surface area contributed by atoms with E-state index in [-0.39, 0.29) is 18.0 Å². The average Bonchev–Trinajstić information content (AvgIpc) is 2.69. The number of urea groups is 1. The molecule has 7 heteroatoms. The summed E-state index contributed by atoms with van der Waals surface area (Å²) in [5.74, 6) is -0.111. The molecule has 2 aromatic rings. The molecule has 0 radical (unpaired) electrons. The Morgan fingerprint density at radius 3 is 2.33 bits per heavy atom. The van der Waals surface area contributed by atoms with Crippen molar-refractivity contribution in [3.05, 3.63) is 64.2 Å². The molecule has 0 aromatic heterocycles. The first-order valence-corrected chi connectivity index (χ1v) is 10.5. The number of halogens is 1. The van der Waals surface area contributed by atoms with Crippen LogP contribution in [0.5, 0.6) is 0 Å². The maximum atomic E-state index is 13.0. The molecular formula is C23H28ClN3O3. The van der Waals surface area contributed by atoms with Crippen LogP contribution in [0.4, 0.5) is 10.5 Å². The van der Waals surface area contributed by atoms with Crippen molar-refractivity contribution in [2.45, 2.75) is 45.3 Å². The molecule has 1 fully saturated rings. The van der Waals surface area contributed by atoms with Gasteiger partial charge in [0.25, 0.3) is 5.91 Å². The van der Waals surface area contributed by atoms with Crippen molar-refractivity contribution in [3.8, 4) is 0 Å². The molecule has 160 valence electrons. The third kappa shape index (κ3) is 5.12. The Kier molecular flexibility index (Phi) is 6.68. The molecule has 1 aliphatic rings. The third-order valence-electron chi connectivity index (χ3n) is 5.41. The van der Waals surface area contributed by atoms with Crippen molar-refractivity contribution < 1.29 is 14.7 Å². The predicted molar refractivity (Wildman–Crippen MR) is 119 cm³/mol. The van der Waals surface area contributed by atoms with Crippen molar-refractivity contribution >= 4 is 29.2 Å². The zero-order valence-corrected chi connectivity index (χ0v) is 18.3. The molecule has 3 amide bonds. The molecule has 0 bridgehead atoms. The Balaban J connectivity index is 1.68. The van der Waals surface area contributed by atoms with Crippen molar-refractivity contribution in [1.29, 1.82) is 0 Å². The summed E-state index contributed by atoms with van der Waals surface area (Å²) in [5.41, 5.74) is 1.85. The molecular weight excluding hydrogens is 402 g/mol. The quantitative estimate of drug-likeness (QED) is 0.677. The highest BCUT2D eigenvalue weighted by atomic mass is 35.5. The molecule has 2 aromatic carbocycles. The summed E-state index contributed by atoms with van der Waals surface area (Å²) >= 11 is 5.94. The lowest BCUT2D eigenvalue weighted by molar-refractivity contribution is -0.0211. The van der Waals surface area contributed by atoms with Gasteiger partial charge in [-0.05, 0) is 69.0 Å². The number of carbonyl (C=O) groups is 2. The van der Waals surface area contributed by atoms with Gasteiger partial charge in [0.15, 0.2) is 0 Å². The minimum atomic E-state index is -0.962. The number of nitrogens with zero attached hydrogens (tertiary/aromatic N) is 1. The van der Waals surface area contributed by atoms with Gasteiger partial charge in [0.2, 0.25) is 0 Å². The molecule has 0 saturated carbocycles. The molecule has 0 spiro atoms. The summed E-state index contributed by atoms with van der Waals surface area (Å²) < 4.78 is 0. The first-order valence-electron chi connectivity index (χ1n) is 10.1. The van der Waals surface area contributed by atoms with Gasteiger partial charge in [0.05, 0.1) is 5.60 Å². The molecule has 0 atom stereocenters. The molecule has 1 saturated heterocycles. The molecule has 0 aliphatic carbocycles.